The lowest BCUT2D eigenvalue weighted by atomic mass is 10.1. The minimum absolute atomic E-state index is 0. The van der Waals surface area contributed by atoms with E-state index in [-0.39, 0.29) is 24.8 Å². The van der Waals surface area contributed by atoms with Crippen molar-refractivity contribution in [2.45, 2.75) is 12.2 Å². The Bertz CT molecular complexity index is 641. The molecule has 0 aromatic heterocycles. The third kappa shape index (κ3) is 7.95. The molecule has 0 amide bonds. The maximum absolute atomic E-state index is 10.4. The van der Waals surface area contributed by atoms with Crippen LogP contribution in [0, 0.1) is 0 Å². The van der Waals surface area contributed by atoms with Crippen molar-refractivity contribution in [3.8, 4) is 5.75 Å². The van der Waals surface area contributed by atoms with Crippen LogP contribution in [0.15, 0.2) is 60.7 Å². The molecule has 2 unspecified atom stereocenters. The van der Waals surface area contributed by atoms with E-state index in [2.05, 4.69) is 0 Å². The van der Waals surface area contributed by atoms with Crippen LogP contribution in [0.2, 0.25) is 0 Å². The van der Waals surface area contributed by atoms with E-state index in [1.165, 1.54) is 9.80 Å². The van der Waals surface area contributed by atoms with Crippen molar-refractivity contribution in [2.24, 2.45) is 0 Å². The third-order valence-corrected chi connectivity index (χ3v) is 5.04. The van der Waals surface area contributed by atoms with Crippen LogP contribution in [0.3, 0.4) is 0 Å². The summed E-state index contributed by atoms with van der Waals surface area (Å²) in [5.41, 5.74) is 0.989. The van der Waals surface area contributed by atoms with Gasteiger partial charge in [-0.15, -0.1) is 0 Å². The van der Waals surface area contributed by atoms with E-state index in [0.717, 1.165) is 44.0 Å². The summed E-state index contributed by atoms with van der Waals surface area (Å²) in [4.78, 5) is 2.84. The lowest BCUT2D eigenvalue weighted by Crippen LogP contribution is -3.28. The van der Waals surface area contributed by atoms with E-state index in [9.17, 15) is 10.2 Å². The Labute approximate surface area is 179 Å². The van der Waals surface area contributed by atoms with E-state index in [1.807, 2.05) is 60.7 Å². The Kier molecular flexibility index (Phi) is 11.5. The largest absolute Gasteiger partial charge is 1.00 e. The Balaban J connectivity index is 0.00000196. The van der Waals surface area contributed by atoms with Crippen LogP contribution in [0.1, 0.15) is 11.7 Å². The number of benzene rings is 2. The lowest BCUT2D eigenvalue weighted by molar-refractivity contribution is -1.01. The molecule has 0 saturated carbocycles. The van der Waals surface area contributed by atoms with Gasteiger partial charge >= 0.3 is 0 Å². The molecule has 0 bridgehead atoms. The molecule has 0 spiro atoms. The fraction of sp³-hybridized carbons (Fsp3) is 0.429. The van der Waals surface area contributed by atoms with Gasteiger partial charge in [0.05, 0.1) is 0 Å². The maximum atomic E-state index is 10.4. The number of ether oxygens (including phenoxy) is 1. The molecular weight excluding hydrogens is 399 g/mol. The third-order valence-electron chi connectivity index (χ3n) is 5.04. The van der Waals surface area contributed by atoms with Crippen LogP contribution in [0.5, 0.6) is 5.75 Å². The van der Waals surface area contributed by atoms with Crippen molar-refractivity contribution in [1.29, 1.82) is 0 Å². The van der Waals surface area contributed by atoms with Gasteiger partial charge in [0.2, 0.25) is 0 Å². The van der Waals surface area contributed by atoms with Gasteiger partial charge in [-0.25, -0.2) is 0 Å². The highest BCUT2D eigenvalue weighted by Gasteiger charge is 2.27. The van der Waals surface area contributed by atoms with Crippen LogP contribution >= 0.6 is 0 Å². The molecule has 1 aliphatic heterocycles. The zero-order valence-corrected chi connectivity index (χ0v) is 17.4. The summed E-state index contributed by atoms with van der Waals surface area (Å²) in [5.74, 6) is 0.797. The average molecular weight is 429 g/mol. The lowest BCUT2D eigenvalue weighted by Gasteiger charge is -2.31. The number of piperazine rings is 1. The zero-order chi connectivity index (χ0) is 18.2. The summed E-state index contributed by atoms with van der Waals surface area (Å²) >= 11 is 0. The van der Waals surface area contributed by atoms with E-state index < -0.39 is 12.2 Å². The molecule has 0 radical (unpaired) electrons. The van der Waals surface area contributed by atoms with Crippen LogP contribution in [-0.2, 0) is 0 Å². The Morgan fingerprint density at radius 2 is 1.25 bits per heavy atom. The minimum atomic E-state index is -0.457. The summed E-state index contributed by atoms with van der Waals surface area (Å²) < 4.78 is 5.63. The number of hydrogen-bond donors (Lipinski definition) is 4. The standard InChI is InChI=1S/C21H28N2O3.2ClH/c24-19(17-26-20-9-5-2-6-10-20)15-22-11-13-23(14-12-22)16-21(25)18-7-3-1-4-8-18;;/h1-10,19,21,24-25H,11-17H2;2*1H. The molecule has 7 heteroatoms. The normalized spacial score (nSPS) is 20.9. The Hall–Kier alpha value is -1.34. The van der Waals surface area contributed by atoms with Crippen molar-refractivity contribution in [3.05, 3.63) is 66.2 Å². The predicted octanol–water partition coefficient (Wildman–Crippen LogP) is -7.05. The van der Waals surface area contributed by atoms with Gasteiger partial charge in [-0.3, -0.25) is 0 Å². The van der Waals surface area contributed by atoms with E-state index in [0.29, 0.717) is 13.2 Å². The van der Waals surface area contributed by atoms with Gasteiger partial charge < -0.3 is 49.6 Å². The topological polar surface area (TPSA) is 58.6 Å². The molecular formula is C21H30Cl2N2O3. The highest BCUT2D eigenvalue weighted by molar-refractivity contribution is 5.20. The summed E-state index contributed by atoms with van der Waals surface area (Å²) in [6.45, 7) is 5.85. The number of para-hydroxylation sites is 1. The first-order valence-corrected chi connectivity index (χ1v) is 9.47. The molecule has 0 aliphatic carbocycles. The van der Waals surface area contributed by atoms with Crippen molar-refractivity contribution in [2.75, 3.05) is 45.9 Å². The van der Waals surface area contributed by atoms with E-state index in [4.69, 9.17) is 4.74 Å². The molecule has 5 nitrogen and oxygen atoms in total. The molecule has 28 heavy (non-hydrogen) atoms. The molecule has 1 heterocycles. The molecule has 3 rings (SSSR count). The smallest absolute Gasteiger partial charge is 0.137 e. The second-order valence-electron chi connectivity index (χ2n) is 7.11. The second kappa shape index (κ2) is 13.0. The summed E-state index contributed by atoms with van der Waals surface area (Å²) in [5, 5.41) is 20.6. The molecule has 4 N–H and O–H groups in total. The number of hydrogen-bond acceptors (Lipinski definition) is 3. The zero-order valence-electron chi connectivity index (χ0n) is 15.9. The molecule has 156 valence electrons. The van der Waals surface area contributed by atoms with Gasteiger partial charge in [-0.05, 0) is 17.7 Å². The fourth-order valence-corrected chi connectivity index (χ4v) is 3.53. The highest BCUT2D eigenvalue weighted by Crippen LogP contribution is 2.09. The van der Waals surface area contributed by atoms with E-state index in [1.54, 1.807) is 0 Å². The molecule has 2 atom stereocenters. The maximum Gasteiger partial charge on any atom is 0.137 e. The number of aliphatic hydroxyl groups is 2. The van der Waals surface area contributed by atoms with E-state index >= 15 is 0 Å². The van der Waals surface area contributed by atoms with Crippen LogP contribution in [0.4, 0.5) is 0 Å². The van der Waals surface area contributed by atoms with Gasteiger partial charge in [0.1, 0.15) is 63.8 Å². The van der Waals surface area contributed by atoms with Crippen LogP contribution < -0.4 is 39.4 Å². The summed E-state index contributed by atoms with van der Waals surface area (Å²) in [6.07, 6.45) is -0.862. The van der Waals surface area contributed by atoms with Gasteiger partial charge in [0.25, 0.3) is 0 Å². The summed E-state index contributed by atoms with van der Waals surface area (Å²) in [6, 6.07) is 19.5. The molecule has 2 aromatic carbocycles. The summed E-state index contributed by atoms with van der Waals surface area (Å²) in [7, 11) is 0. The fourth-order valence-electron chi connectivity index (χ4n) is 3.53. The van der Waals surface area contributed by atoms with Crippen LogP contribution in [-0.4, -0.2) is 62.2 Å². The quantitative estimate of drug-likeness (QED) is 0.338. The first kappa shape index (κ1) is 24.7. The van der Waals surface area contributed by atoms with Gasteiger partial charge in [0.15, 0.2) is 0 Å². The van der Waals surface area contributed by atoms with Gasteiger partial charge in [-0.1, -0.05) is 48.5 Å². The Morgan fingerprint density at radius 3 is 1.82 bits per heavy atom. The molecule has 2 aromatic rings. The molecule has 1 aliphatic rings. The molecule has 1 saturated heterocycles. The van der Waals surface area contributed by atoms with Gasteiger partial charge in [-0.2, -0.15) is 0 Å². The number of halogens is 2. The number of quaternary nitrogens is 2. The average Bonchev–Trinajstić information content (AvgIpc) is 2.69. The number of nitrogens with one attached hydrogen (secondary N) is 2. The number of rotatable bonds is 8. The van der Waals surface area contributed by atoms with Crippen LogP contribution in [0.25, 0.3) is 0 Å². The first-order chi connectivity index (χ1) is 12.7. The highest BCUT2D eigenvalue weighted by atomic mass is 35.5. The number of aliphatic hydroxyl groups excluding tert-OH is 2. The SMILES string of the molecule is OC(COc1ccccc1)C[NH+]1CC[NH+](CC(O)c2ccccc2)CC1.[Cl-].[Cl-]. The molecule has 1 fully saturated rings. The second-order valence-corrected chi connectivity index (χ2v) is 7.11. The van der Waals surface area contributed by atoms with Crippen molar-refractivity contribution in [3.63, 3.8) is 0 Å². The minimum Gasteiger partial charge on any atom is -1.00 e. The predicted molar refractivity (Wildman–Crippen MR) is 100 cm³/mol. The monoisotopic (exact) mass is 428 g/mol. The Morgan fingerprint density at radius 1 is 0.750 bits per heavy atom. The van der Waals surface area contributed by atoms with Gasteiger partial charge in [0, 0.05) is 0 Å². The first-order valence-electron chi connectivity index (χ1n) is 9.47. The van der Waals surface area contributed by atoms with Crippen molar-refractivity contribution in [1.82, 2.24) is 0 Å². The van der Waals surface area contributed by atoms with Crippen molar-refractivity contribution >= 4 is 0 Å². The van der Waals surface area contributed by atoms with Crippen molar-refractivity contribution < 1.29 is 49.6 Å².